The number of hydrogen-bond acceptors (Lipinski definition) is 0. The van der Waals surface area contributed by atoms with E-state index in [0.29, 0.717) is 45.2 Å². The van der Waals surface area contributed by atoms with Gasteiger partial charge in [-0.3, -0.25) is 0 Å². The van der Waals surface area contributed by atoms with Crippen molar-refractivity contribution in [2.24, 2.45) is 0 Å². The Morgan fingerprint density at radius 1 is 0.889 bits per heavy atom. The number of hydrogen-bond donors (Lipinski definition) is 0. The highest BCUT2D eigenvalue weighted by Crippen LogP contribution is 2.44. The summed E-state index contributed by atoms with van der Waals surface area (Å²) in [5.41, 5.74) is 0. The molecule has 0 saturated heterocycles. The predicted octanol–water partition coefficient (Wildman–Crippen LogP) is 3.66. The van der Waals surface area contributed by atoms with Crippen molar-refractivity contribution in [3.8, 4) is 0 Å². The van der Waals surface area contributed by atoms with Crippen molar-refractivity contribution in [2.75, 3.05) is 0 Å². The summed E-state index contributed by atoms with van der Waals surface area (Å²) in [5, 5.41) is 0. The maximum absolute atomic E-state index is 11.7. The average Bonchev–Trinajstić information content (AvgIpc) is 1.25. The Bertz CT molecular complexity index is 68.8. The van der Waals surface area contributed by atoms with Crippen LogP contribution < -0.4 is 0 Å². The van der Waals surface area contributed by atoms with E-state index in [2.05, 4.69) is 0 Å². The van der Waals surface area contributed by atoms with Gasteiger partial charge in [-0.05, 0) is 45.2 Å². The van der Waals surface area contributed by atoms with Crippen LogP contribution in [-0.4, -0.2) is 7.86 Å². The molecule has 0 heterocycles. The fourth-order valence-corrected chi connectivity index (χ4v) is 0. The summed E-state index contributed by atoms with van der Waals surface area (Å²) in [4.78, 5) is 0. The van der Waals surface area contributed by atoms with E-state index in [1.807, 2.05) is 0 Å². The zero-order chi connectivity index (χ0) is 7.00. The van der Waals surface area contributed by atoms with Crippen LogP contribution in [0, 0.1) is 0 Å². The number of rotatable bonds is 0. The minimum atomic E-state index is -4.76. The third-order valence-corrected chi connectivity index (χ3v) is 1.54. The van der Waals surface area contributed by atoms with E-state index in [1.54, 1.807) is 0 Å². The maximum Gasteiger partial charge on any atom is 0.441 e. The molecule has 0 atom stereocenters. The Morgan fingerprint density at radius 3 is 1.00 bits per heavy atom. The highest BCUT2D eigenvalue weighted by atomic mass is 127. The second-order valence-electron chi connectivity index (χ2n) is 0.996. The molecule has 0 aromatic rings. The monoisotopic (exact) mass is 482 g/mol. The van der Waals surface area contributed by atoms with Gasteiger partial charge in [0.05, 0.1) is 0 Å². The van der Waals surface area contributed by atoms with Crippen LogP contribution in [0.4, 0.5) is 17.6 Å². The summed E-state index contributed by atoms with van der Waals surface area (Å²) in [6, 6.07) is 0. The highest BCUT2D eigenvalue weighted by molar-refractivity contribution is 14.2. The van der Waals surface area contributed by atoms with E-state index in [9.17, 15) is 17.6 Å². The van der Waals surface area contributed by atoms with Crippen LogP contribution in [0.25, 0.3) is 0 Å². The van der Waals surface area contributed by atoms with Crippen molar-refractivity contribution in [3.05, 3.63) is 0 Å². The molecule has 0 aliphatic rings. The molecular weight excluding hydrogens is 481 g/mol. The number of alkyl halides is 6. The summed E-state index contributed by atoms with van der Waals surface area (Å²) in [5.74, 6) is 0. The highest BCUT2D eigenvalue weighted by Gasteiger charge is 2.52. The largest absolute Gasteiger partial charge is 0.441 e. The third-order valence-electron chi connectivity index (χ3n) is 0.321. The molecule has 0 aromatic heterocycles. The lowest BCUT2D eigenvalue weighted by molar-refractivity contribution is -0.154. The fourth-order valence-electron chi connectivity index (χ4n) is 0. The van der Waals surface area contributed by atoms with Crippen LogP contribution in [0.3, 0.4) is 0 Å². The number of halogens is 7. The van der Waals surface area contributed by atoms with E-state index in [0.717, 1.165) is 0 Å². The first-order valence-electron chi connectivity index (χ1n) is 1.38. The quantitative estimate of drug-likeness (QED) is 0.281. The molecule has 0 aliphatic carbocycles. The van der Waals surface area contributed by atoms with Crippen molar-refractivity contribution in [3.63, 3.8) is 0 Å². The van der Waals surface area contributed by atoms with Crippen molar-refractivity contribution < 1.29 is 17.6 Å². The fraction of sp³-hybridized carbons (Fsp3) is 1.00. The van der Waals surface area contributed by atoms with Gasteiger partial charge in [-0.2, -0.15) is 13.2 Å². The standard InChI is InChI=1S/C2F4I2.HI/c3-1(4,5)2(6,7)8;/h;1H. The lowest BCUT2D eigenvalue weighted by Crippen LogP contribution is -2.27. The smallest absolute Gasteiger partial charge is 0.210 e. The van der Waals surface area contributed by atoms with E-state index in [4.69, 9.17) is 0 Å². The van der Waals surface area contributed by atoms with Crippen molar-refractivity contribution >= 4 is 69.2 Å². The Hall–Kier alpha value is 1.91. The molecule has 0 bridgehead atoms. The van der Waals surface area contributed by atoms with Gasteiger partial charge in [-0.15, -0.1) is 24.0 Å². The molecule has 58 valence electrons. The zero-order valence-electron chi connectivity index (χ0n) is 3.68. The molecule has 0 aromatic carbocycles. The molecule has 0 N–H and O–H groups in total. The first kappa shape index (κ1) is 13.5. The second kappa shape index (κ2) is 4.07. The van der Waals surface area contributed by atoms with Crippen molar-refractivity contribution in [2.45, 2.75) is 7.86 Å². The average molecular weight is 482 g/mol. The van der Waals surface area contributed by atoms with E-state index in [1.165, 1.54) is 0 Å². The molecule has 0 radical (unpaired) electrons. The van der Waals surface area contributed by atoms with Gasteiger partial charge in [-0.1, -0.05) is 0 Å². The van der Waals surface area contributed by atoms with Gasteiger partial charge in [0.2, 0.25) is 0 Å². The lowest BCUT2D eigenvalue weighted by Gasteiger charge is -2.13. The molecule has 0 aliphatic heterocycles. The normalized spacial score (nSPS) is 12.7. The molecule has 0 nitrogen and oxygen atoms in total. The second-order valence-corrected chi connectivity index (χ2v) is 6.03. The summed E-state index contributed by atoms with van der Waals surface area (Å²) in [6.45, 7) is 0. The molecule has 0 spiro atoms. The van der Waals surface area contributed by atoms with E-state index < -0.39 is 7.86 Å². The predicted molar refractivity (Wildman–Crippen MR) is 53.3 cm³/mol. The first-order chi connectivity index (χ1) is 3.25. The van der Waals surface area contributed by atoms with Crippen molar-refractivity contribution in [1.29, 1.82) is 0 Å². The summed E-state index contributed by atoms with van der Waals surface area (Å²) >= 11 is 1.36. The minimum Gasteiger partial charge on any atom is -0.210 e. The van der Waals surface area contributed by atoms with Crippen LogP contribution in [-0.2, 0) is 0 Å². The van der Waals surface area contributed by atoms with E-state index >= 15 is 0 Å². The molecule has 0 amide bonds. The molecule has 7 heteroatoms. The lowest BCUT2D eigenvalue weighted by atomic mass is 10.8. The molecule has 0 saturated carbocycles. The third kappa shape index (κ3) is 5.21. The Labute approximate surface area is 93.4 Å². The zero-order valence-corrected chi connectivity index (χ0v) is 10.3. The van der Waals surface area contributed by atoms with Gasteiger partial charge in [0.25, 0.3) is 0 Å². The maximum atomic E-state index is 11.7. The van der Waals surface area contributed by atoms with E-state index in [-0.39, 0.29) is 24.0 Å². The Kier molecular flexibility index (Phi) is 6.10. The SMILES string of the molecule is FC(F)(F)C(F)(I)I.I. The van der Waals surface area contributed by atoms with Gasteiger partial charge in [0.1, 0.15) is 0 Å². The topological polar surface area (TPSA) is 0 Å². The Balaban J connectivity index is 0. The molecule has 0 unspecified atom stereocenters. The Morgan fingerprint density at radius 2 is 1.00 bits per heavy atom. The van der Waals surface area contributed by atoms with Gasteiger partial charge in [0.15, 0.2) is 0 Å². The van der Waals surface area contributed by atoms with Crippen LogP contribution in [0.2, 0.25) is 0 Å². The van der Waals surface area contributed by atoms with Crippen molar-refractivity contribution in [1.82, 2.24) is 0 Å². The van der Waals surface area contributed by atoms with Gasteiger partial charge >= 0.3 is 7.86 Å². The molecular formula is C2HF4I3. The van der Waals surface area contributed by atoms with Gasteiger partial charge < -0.3 is 0 Å². The summed E-state index contributed by atoms with van der Waals surface area (Å²) < 4.78 is 42.1. The van der Waals surface area contributed by atoms with Gasteiger partial charge in [-0.25, -0.2) is 4.39 Å². The van der Waals surface area contributed by atoms with Crippen LogP contribution in [0.5, 0.6) is 0 Å². The van der Waals surface area contributed by atoms with Crippen LogP contribution in [0.15, 0.2) is 0 Å². The van der Waals surface area contributed by atoms with Gasteiger partial charge in [0, 0.05) is 0 Å². The van der Waals surface area contributed by atoms with Crippen LogP contribution in [0.1, 0.15) is 0 Å². The van der Waals surface area contributed by atoms with Crippen LogP contribution >= 0.6 is 69.2 Å². The molecule has 9 heavy (non-hydrogen) atoms. The molecule has 0 fully saturated rings. The molecule has 0 rings (SSSR count). The first-order valence-corrected chi connectivity index (χ1v) is 3.54. The summed E-state index contributed by atoms with van der Waals surface area (Å²) in [7, 11) is 0. The summed E-state index contributed by atoms with van der Waals surface area (Å²) in [6.07, 6.45) is -4.76. The minimum absolute atomic E-state index is 0.